The standard InChI is InChI=1S/C18H18BrClN2O3/c1-11(2)10-25-16-8-7-12(9-14(16)19)17(23)21-22-18(24)13-5-3-4-6-15(13)20/h3-9,11H,10H2,1-2H3,(H,21,23)(H,22,24). The number of carbonyl (C=O) groups is 2. The molecule has 0 heterocycles. The fourth-order valence-corrected chi connectivity index (χ4v) is 2.63. The van der Waals surface area contributed by atoms with Crippen LogP contribution in [0.5, 0.6) is 5.75 Å². The molecule has 2 aromatic carbocycles. The average Bonchev–Trinajstić information content (AvgIpc) is 2.58. The molecule has 25 heavy (non-hydrogen) atoms. The van der Waals surface area contributed by atoms with Gasteiger partial charge < -0.3 is 4.74 Å². The highest BCUT2D eigenvalue weighted by molar-refractivity contribution is 9.10. The smallest absolute Gasteiger partial charge is 0.271 e. The normalized spacial score (nSPS) is 10.4. The molecule has 0 saturated carbocycles. The molecule has 7 heteroatoms. The SMILES string of the molecule is CC(C)COc1ccc(C(=O)NNC(=O)c2ccccc2Cl)cc1Br. The Bertz CT molecular complexity index is 781. The van der Waals surface area contributed by atoms with Crippen molar-refractivity contribution < 1.29 is 14.3 Å². The van der Waals surface area contributed by atoms with Gasteiger partial charge in [0.1, 0.15) is 5.75 Å². The van der Waals surface area contributed by atoms with Gasteiger partial charge in [0.05, 0.1) is 21.7 Å². The summed E-state index contributed by atoms with van der Waals surface area (Å²) in [6.07, 6.45) is 0. The van der Waals surface area contributed by atoms with Gasteiger partial charge >= 0.3 is 0 Å². The second-order valence-corrected chi connectivity index (χ2v) is 7.00. The summed E-state index contributed by atoms with van der Waals surface area (Å²) in [5.41, 5.74) is 5.36. The summed E-state index contributed by atoms with van der Waals surface area (Å²) in [5.74, 6) is 0.117. The highest BCUT2D eigenvalue weighted by Gasteiger charge is 2.13. The highest BCUT2D eigenvalue weighted by atomic mass is 79.9. The number of amides is 2. The van der Waals surface area contributed by atoms with Crippen LogP contribution < -0.4 is 15.6 Å². The van der Waals surface area contributed by atoms with E-state index in [-0.39, 0.29) is 5.56 Å². The Morgan fingerprint density at radius 2 is 1.80 bits per heavy atom. The predicted octanol–water partition coefficient (Wildman–Crippen LogP) is 4.21. The van der Waals surface area contributed by atoms with Crippen LogP contribution in [0.25, 0.3) is 0 Å². The molecule has 132 valence electrons. The first-order valence-corrected chi connectivity index (χ1v) is 8.83. The van der Waals surface area contributed by atoms with E-state index in [2.05, 4.69) is 40.6 Å². The van der Waals surface area contributed by atoms with Gasteiger partial charge in [-0.2, -0.15) is 0 Å². The molecule has 2 aromatic rings. The van der Waals surface area contributed by atoms with Crippen LogP contribution in [-0.2, 0) is 0 Å². The Morgan fingerprint density at radius 3 is 2.44 bits per heavy atom. The minimum Gasteiger partial charge on any atom is -0.492 e. The number of benzene rings is 2. The van der Waals surface area contributed by atoms with Crippen molar-refractivity contribution in [1.29, 1.82) is 0 Å². The lowest BCUT2D eigenvalue weighted by Gasteiger charge is -2.12. The van der Waals surface area contributed by atoms with E-state index in [0.29, 0.717) is 33.3 Å². The van der Waals surface area contributed by atoms with Crippen LogP contribution in [0.3, 0.4) is 0 Å². The second kappa shape index (κ2) is 8.87. The first-order chi connectivity index (χ1) is 11.9. The van der Waals surface area contributed by atoms with Crippen LogP contribution in [0.4, 0.5) is 0 Å². The predicted molar refractivity (Wildman–Crippen MR) is 101 cm³/mol. The molecule has 0 aliphatic rings. The zero-order valence-electron chi connectivity index (χ0n) is 13.8. The van der Waals surface area contributed by atoms with Crippen LogP contribution in [0.2, 0.25) is 5.02 Å². The number of hydrazine groups is 1. The molecule has 0 unspecified atom stereocenters. The number of hydrogen-bond acceptors (Lipinski definition) is 3. The van der Waals surface area contributed by atoms with Crippen LogP contribution >= 0.6 is 27.5 Å². The summed E-state index contributed by atoms with van der Waals surface area (Å²) in [7, 11) is 0. The van der Waals surface area contributed by atoms with Crippen molar-refractivity contribution in [1.82, 2.24) is 10.9 Å². The first-order valence-electron chi connectivity index (χ1n) is 7.66. The van der Waals surface area contributed by atoms with E-state index in [1.807, 2.05) is 0 Å². The Kier molecular flexibility index (Phi) is 6.84. The Hall–Kier alpha value is -2.05. The molecule has 2 N–H and O–H groups in total. The Morgan fingerprint density at radius 1 is 1.12 bits per heavy atom. The maximum absolute atomic E-state index is 12.2. The Labute approximate surface area is 159 Å². The van der Waals surface area contributed by atoms with Crippen LogP contribution in [0, 0.1) is 5.92 Å². The van der Waals surface area contributed by atoms with Crippen molar-refractivity contribution in [2.24, 2.45) is 5.92 Å². The minimum atomic E-state index is -0.491. The summed E-state index contributed by atoms with van der Waals surface area (Å²) in [4.78, 5) is 24.2. The highest BCUT2D eigenvalue weighted by Crippen LogP contribution is 2.26. The number of halogens is 2. The summed E-state index contributed by atoms with van der Waals surface area (Å²) in [5, 5.41) is 0.309. The third kappa shape index (κ3) is 5.47. The molecule has 0 fully saturated rings. The van der Waals surface area contributed by atoms with E-state index in [1.165, 1.54) is 0 Å². The minimum absolute atomic E-state index is 0.281. The van der Waals surface area contributed by atoms with Gasteiger partial charge in [-0.1, -0.05) is 37.6 Å². The third-order valence-electron chi connectivity index (χ3n) is 3.17. The van der Waals surface area contributed by atoms with E-state index in [4.69, 9.17) is 16.3 Å². The van der Waals surface area contributed by atoms with Gasteiger partial charge in [-0.25, -0.2) is 0 Å². The van der Waals surface area contributed by atoms with Gasteiger partial charge in [-0.15, -0.1) is 0 Å². The lowest BCUT2D eigenvalue weighted by atomic mass is 10.2. The molecule has 0 aliphatic carbocycles. The number of hydrogen-bond donors (Lipinski definition) is 2. The molecule has 5 nitrogen and oxygen atoms in total. The topological polar surface area (TPSA) is 67.4 Å². The summed E-state index contributed by atoms with van der Waals surface area (Å²) < 4.78 is 6.30. The molecule has 0 saturated heterocycles. The van der Waals surface area contributed by atoms with Crippen molar-refractivity contribution in [2.75, 3.05) is 6.61 Å². The van der Waals surface area contributed by atoms with E-state index in [9.17, 15) is 9.59 Å². The quantitative estimate of drug-likeness (QED) is 0.705. The van der Waals surface area contributed by atoms with Gasteiger partial charge in [0.25, 0.3) is 11.8 Å². The maximum Gasteiger partial charge on any atom is 0.271 e. The maximum atomic E-state index is 12.2. The lowest BCUT2D eigenvalue weighted by Crippen LogP contribution is -2.41. The fourth-order valence-electron chi connectivity index (χ4n) is 1.91. The molecule has 0 atom stereocenters. The third-order valence-corrected chi connectivity index (χ3v) is 4.12. The lowest BCUT2D eigenvalue weighted by molar-refractivity contribution is 0.0846. The molecule has 2 amide bonds. The summed E-state index contributed by atoms with van der Waals surface area (Å²) in [6, 6.07) is 11.5. The molecule has 0 bridgehead atoms. The van der Waals surface area contributed by atoms with E-state index in [0.717, 1.165) is 0 Å². The number of ether oxygens (including phenoxy) is 1. The van der Waals surface area contributed by atoms with Gasteiger partial charge in [-0.3, -0.25) is 20.4 Å². The molecule has 0 spiro atoms. The average molecular weight is 426 g/mol. The number of nitrogens with one attached hydrogen (secondary N) is 2. The largest absolute Gasteiger partial charge is 0.492 e. The van der Waals surface area contributed by atoms with Crippen LogP contribution in [0.1, 0.15) is 34.6 Å². The molecular formula is C18H18BrClN2O3. The van der Waals surface area contributed by atoms with Crippen molar-refractivity contribution in [3.63, 3.8) is 0 Å². The molecule has 2 rings (SSSR count). The zero-order valence-corrected chi connectivity index (χ0v) is 16.1. The number of carbonyl (C=O) groups excluding carboxylic acids is 2. The van der Waals surface area contributed by atoms with E-state index in [1.54, 1.807) is 42.5 Å². The van der Waals surface area contributed by atoms with Gasteiger partial charge in [0, 0.05) is 5.56 Å². The van der Waals surface area contributed by atoms with Crippen molar-refractivity contribution in [3.8, 4) is 5.75 Å². The van der Waals surface area contributed by atoms with Crippen molar-refractivity contribution in [2.45, 2.75) is 13.8 Å². The van der Waals surface area contributed by atoms with Gasteiger partial charge in [0.2, 0.25) is 0 Å². The number of rotatable bonds is 5. The first kappa shape index (κ1) is 19.3. The molecule has 0 aliphatic heterocycles. The zero-order chi connectivity index (χ0) is 18.4. The summed E-state index contributed by atoms with van der Waals surface area (Å²) in [6.45, 7) is 4.69. The molecule has 0 radical (unpaired) electrons. The monoisotopic (exact) mass is 424 g/mol. The van der Waals surface area contributed by atoms with Gasteiger partial charge in [-0.05, 0) is 52.2 Å². The van der Waals surface area contributed by atoms with E-state index < -0.39 is 11.8 Å². The Balaban J connectivity index is 1.98. The summed E-state index contributed by atoms with van der Waals surface area (Å²) >= 11 is 9.33. The fraction of sp³-hybridized carbons (Fsp3) is 0.222. The van der Waals surface area contributed by atoms with Crippen molar-refractivity contribution >= 4 is 39.3 Å². The molecule has 0 aromatic heterocycles. The van der Waals surface area contributed by atoms with E-state index >= 15 is 0 Å². The van der Waals surface area contributed by atoms with Gasteiger partial charge in [0.15, 0.2) is 0 Å². The van der Waals surface area contributed by atoms with Crippen molar-refractivity contribution in [3.05, 3.63) is 63.1 Å². The van der Waals surface area contributed by atoms with Crippen LogP contribution in [0.15, 0.2) is 46.9 Å². The molecular weight excluding hydrogens is 408 g/mol. The second-order valence-electron chi connectivity index (χ2n) is 5.74. The van der Waals surface area contributed by atoms with Crippen LogP contribution in [-0.4, -0.2) is 18.4 Å².